The van der Waals surface area contributed by atoms with Gasteiger partial charge in [-0.25, -0.2) is 18.4 Å². The molecule has 0 amide bonds. The average molecular weight is 559 g/mol. The maximum atomic E-state index is 17.2. The van der Waals surface area contributed by atoms with Crippen LogP contribution in [0.15, 0.2) is 23.3 Å². The topological polar surface area (TPSA) is 138 Å². The van der Waals surface area contributed by atoms with E-state index < -0.39 is 51.4 Å². The van der Waals surface area contributed by atoms with Crippen molar-refractivity contribution in [3.8, 4) is 0 Å². The zero-order valence-corrected chi connectivity index (χ0v) is 23.0. The van der Waals surface area contributed by atoms with E-state index >= 15 is 8.78 Å². The van der Waals surface area contributed by atoms with Gasteiger partial charge in [0.2, 0.25) is 0 Å². The molecule has 38 heavy (non-hydrogen) atoms. The first kappa shape index (κ1) is 30.3. The molecule has 0 saturated heterocycles. The number of aliphatic hydroxyl groups excluding tert-OH is 1. The molecule has 0 radical (unpaired) electrons. The van der Waals surface area contributed by atoms with Gasteiger partial charge in [-0.1, -0.05) is 33.8 Å². The number of hydrogen-bond donors (Lipinski definition) is 3. The standard InChI is InChI=1S/C25H34F2O4.C2H2O4S/c1-6-14-11-24(5)17(10-19(14)28)18(26)9-16-15-8-13(3)22(31-21(30)7-2)23(15,4)12-20(29)25(16,24)27;3-1(4)7-2(5)6/h10-11,13,15-16,18,20,22,29H,6-9,12H2,1-5H3;(H,3,4)(H,5,6)/t13-,15+,16+,18+,20+,22-,23+,24+,25+;/m1./s1. The normalized spacial score (nSPS) is 41.3. The zero-order chi connectivity index (χ0) is 28.8. The molecule has 11 heteroatoms. The number of ether oxygens (including phenoxy) is 1. The quantitative estimate of drug-likeness (QED) is 0.371. The Balaban J connectivity index is 0.000000505. The molecule has 212 valence electrons. The average Bonchev–Trinajstić information content (AvgIpc) is 3.06. The van der Waals surface area contributed by atoms with Crippen molar-refractivity contribution < 1.29 is 48.0 Å². The molecule has 0 aromatic heterocycles. The van der Waals surface area contributed by atoms with Crippen LogP contribution >= 0.6 is 11.8 Å². The molecular weight excluding hydrogens is 522 g/mol. The van der Waals surface area contributed by atoms with Crippen LogP contribution in [0.4, 0.5) is 18.4 Å². The number of rotatable bonds is 3. The van der Waals surface area contributed by atoms with Crippen LogP contribution in [0.5, 0.6) is 0 Å². The molecule has 0 bridgehead atoms. The van der Waals surface area contributed by atoms with E-state index in [1.165, 1.54) is 6.08 Å². The molecular formula is C27H36F2O8S. The lowest BCUT2D eigenvalue weighted by atomic mass is 9.45. The first-order chi connectivity index (χ1) is 17.6. The summed E-state index contributed by atoms with van der Waals surface area (Å²) < 4.78 is 38.5. The Morgan fingerprint density at radius 3 is 2.24 bits per heavy atom. The lowest BCUT2D eigenvalue weighted by Gasteiger charge is -2.62. The van der Waals surface area contributed by atoms with Crippen molar-refractivity contribution in [2.75, 3.05) is 0 Å². The van der Waals surface area contributed by atoms with Crippen molar-refractivity contribution >= 4 is 34.1 Å². The summed E-state index contributed by atoms with van der Waals surface area (Å²) in [5.41, 5.74) is -3.47. The fourth-order valence-electron chi connectivity index (χ4n) is 7.53. The minimum atomic E-state index is -2.09. The Kier molecular flexibility index (Phi) is 8.54. The van der Waals surface area contributed by atoms with Gasteiger partial charge in [0.25, 0.3) is 0 Å². The highest BCUT2D eigenvalue weighted by Crippen LogP contribution is 2.69. The predicted octanol–water partition coefficient (Wildman–Crippen LogP) is 5.73. The van der Waals surface area contributed by atoms with Gasteiger partial charge in [-0.3, -0.25) is 9.59 Å². The Labute approximate surface area is 224 Å². The second-order valence-electron chi connectivity index (χ2n) is 11.2. The van der Waals surface area contributed by atoms with Crippen molar-refractivity contribution in [3.63, 3.8) is 0 Å². The number of allylic oxidation sites excluding steroid dienone is 4. The Bertz CT molecular complexity index is 1060. The highest BCUT2D eigenvalue weighted by molar-refractivity contribution is 8.25. The molecule has 0 aromatic rings. The lowest BCUT2D eigenvalue weighted by molar-refractivity contribution is -0.212. The van der Waals surface area contributed by atoms with E-state index in [9.17, 15) is 24.3 Å². The molecule has 4 aliphatic carbocycles. The number of carbonyl (C=O) groups is 4. The third kappa shape index (κ3) is 4.80. The van der Waals surface area contributed by atoms with E-state index in [1.54, 1.807) is 19.9 Å². The largest absolute Gasteiger partial charge is 0.473 e. The third-order valence-corrected chi connectivity index (χ3v) is 9.49. The summed E-state index contributed by atoms with van der Waals surface area (Å²) in [5.74, 6) is -1.53. The summed E-state index contributed by atoms with van der Waals surface area (Å²) in [4.78, 5) is 43.3. The minimum absolute atomic E-state index is 0.00228. The highest BCUT2D eigenvalue weighted by atomic mass is 32.2. The molecule has 3 N–H and O–H groups in total. The monoisotopic (exact) mass is 558 g/mol. The minimum Gasteiger partial charge on any atom is -0.473 e. The summed E-state index contributed by atoms with van der Waals surface area (Å²) in [7, 11) is 0. The number of esters is 1. The molecule has 0 spiro atoms. The maximum absolute atomic E-state index is 17.2. The number of ketones is 1. The summed E-state index contributed by atoms with van der Waals surface area (Å²) in [6.07, 6.45) is 0.994. The van der Waals surface area contributed by atoms with E-state index in [0.717, 1.165) is 0 Å². The highest BCUT2D eigenvalue weighted by Gasteiger charge is 2.73. The maximum Gasteiger partial charge on any atom is 0.376 e. The van der Waals surface area contributed by atoms with Crippen molar-refractivity contribution in [3.05, 3.63) is 23.3 Å². The molecule has 0 aliphatic heterocycles. The van der Waals surface area contributed by atoms with Crippen LogP contribution in [-0.2, 0) is 14.3 Å². The van der Waals surface area contributed by atoms with Crippen molar-refractivity contribution in [1.82, 2.24) is 0 Å². The van der Waals surface area contributed by atoms with Crippen LogP contribution in [0.2, 0.25) is 0 Å². The molecule has 8 nitrogen and oxygen atoms in total. The fraction of sp³-hybridized carbons (Fsp3) is 0.704. The fourth-order valence-corrected chi connectivity index (χ4v) is 7.68. The molecule has 4 aliphatic rings. The van der Waals surface area contributed by atoms with Gasteiger partial charge in [-0.05, 0) is 61.7 Å². The number of carbonyl (C=O) groups excluding carboxylic acids is 2. The first-order valence-corrected chi connectivity index (χ1v) is 13.7. The van der Waals surface area contributed by atoms with Crippen molar-refractivity contribution in [2.45, 2.75) is 90.8 Å². The van der Waals surface area contributed by atoms with Crippen molar-refractivity contribution in [2.24, 2.45) is 28.6 Å². The van der Waals surface area contributed by atoms with E-state index in [2.05, 4.69) is 0 Å². The van der Waals surface area contributed by atoms with Crippen LogP contribution in [0.1, 0.15) is 66.7 Å². The Morgan fingerprint density at radius 2 is 1.74 bits per heavy atom. The predicted molar refractivity (Wildman–Crippen MR) is 136 cm³/mol. The van der Waals surface area contributed by atoms with Gasteiger partial charge in [0.05, 0.1) is 17.9 Å². The molecule has 0 unspecified atom stereocenters. The summed E-state index contributed by atoms with van der Waals surface area (Å²) in [6, 6.07) is 0. The second kappa shape index (κ2) is 10.7. The Hall–Kier alpha value is -2.27. The van der Waals surface area contributed by atoms with Crippen LogP contribution in [0.25, 0.3) is 0 Å². The van der Waals surface area contributed by atoms with Gasteiger partial charge in [0.15, 0.2) is 11.5 Å². The number of fused-ring (bicyclic) bond motifs is 5. The number of thioether (sulfide) groups is 1. The third-order valence-electron chi connectivity index (χ3n) is 9.15. The first-order valence-electron chi connectivity index (χ1n) is 12.9. The molecule has 0 aromatic carbocycles. The van der Waals surface area contributed by atoms with E-state index in [0.29, 0.717) is 18.4 Å². The van der Waals surface area contributed by atoms with Crippen molar-refractivity contribution in [1.29, 1.82) is 0 Å². The zero-order valence-electron chi connectivity index (χ0n) is 22.2. The molecule has 3 fully saturated rings. The SMILES string of the molecule is CCC(=O)O[C@@H]1[C@H](C)C[C@H]2[C@@H]3C[C@H](F)C4=CC(=O)C(CC)=C[C@]4(C)[C@@]3(F)[C@@H](O)C[C@]12C.O=C(O)SC(=O)O. The molecule has 0 heterocycles. The van der Waals surface area contributed by atoms with Gasteiger partial charge in [-0.15, -0.1) is 0 Å². The summed E-state index contributed by atoms with van der Waals surface area (Å²) >= 11 is -0.157. The number of alkyl halides is 2. The van der Waals surface area contributed by atoms with Gasteiger partial charge in [-0.2, -0.15) is 0 Å². The molecule has 9 atom stereocenters. The van der Waals surface area contributed by atoms with Gasteiger partial charge in [0.1, 0.15) is 12.3 Å². The molecule has 3 saturated carbocycles. The smallest absolute Gasteiger partial charge is 0.376 e. The number of halogens is 2. The lowest BCUT2D eigenvalue weighted by Crippen LogP contribution is -2.68. The van der Waals surface area contributed by atoms with E-state index in [4.69, 9.17) is 14.9 Å². The summed E-state index contributed by atoms with van der Waals surface area (Å²) in [6.45, 7) is 9.13. The van der Waals surface area contributed by atoms with Gasteiger partial charge in [0, 0.05) is 23.2 Å². The number of carboxylic acid groups (broad SMARTS) is 2. The van der Waals surface area contributed by atoms with Crippen LogP contribution < -0.4 is 0 Å². The second-order valence-corrected chi connectivity index (χ2v) is 12.1. The van der Waals surface area contributed by atoms with E-state index in [-0.39, 0.29) is 60.2 Å². The van der Waals surface area contributed by atoms with E-state index in [1.807, 2.05) is 20.8 Å². The van der Waals surface area contributed by atoms with Gasteiger partial charge < -0.3 is 20.1 Å². The Morgan fingerprint density at radius 1 is 1.13 bits per heavy atom. The number of hydrogen-bond acceptors (Lipinski definition) is 7. The number of aliphatic hydroxyl groups is 1. The van der Waals surface area contributed by atoms with Crippen LogP contribution in [0, 0.1) is 28.6 Å². The van der Waals surface area contributed by atoms with Crippen LogP contribution in [-0.4, -0.2) is 61.7 Å². The molecule has 4 rings (SSSR count). The van der Waals surface area contributed by atoms with Crippen LogP contribution in [0.3, 0.4) is 0 Å². The van der Waals surface area contributed by atoms with Gasteiger partial charge >= 0.3 is 16.6 Å². The summed E-state index contributed by atoms with van der Waals surface area (Å²) in [5, 5.41) is 23.8.